The summed E-state index contributed by atoms with van der Waals surface area (Å²) in [6.07, 6.45) is 1.56. The predicted molar refractivity (Wildman–Crippen MR) is 63.1 cm³/mol. The van der Waals surface area contributed by atoms with Gasteiger partial charge in [-0.2, -0.15) is 5.10 Å². The van der Waals surface area contributed by atoms with Gasteiger partial charge in [-0.25, -0.2) is 4.79 Å². The molecule has 0 saturated heterocycles. The van der Waals surface area contributed by atoms with E-state index in [4.69, 9.17) is 0 Å². The van der Waals surface area contributed by atoms with Crippen molar-refractivity contribution in [2.45, 2.75) is 20.4 Å². The highest BCUT2D eigenvalue weighted by Gasteiger charge is 2.05. The molecule has 6 nitrogen and oxygen atoms in total. The number of rotatable bonds is 2. The number of aromatic nitrogens is 4. The van der Waals surface area contributed by atoms with Crippen LogP contribution in [-0.2, 0) is 13.6 Å². The summed E-state index contributed by atoms with van der Waals surface area (Å²) in [6.45, 7) is 3.96. The number of aromatic amines is 1. The van der Waals surface area contributed by atoms with E-state index in [1.807, 2.05) is 20.0 Å². The minimum Gasteiger partial charge on any atom is -0.294 e. The van der Waals surface area contributed by atoms with Crippen LogP contribution in [0.4, 0.5) is 0 Å². The van der Waals surface area contributed by atoms with Crippen molar-refractivity contribution in [2.24, 2.45) is 7.05 Å². The van der Waals surface area contributed by atoms with Crippen LogP contribution >= 0.6 is 0 Å². The Labute approximate surface area is 97.5 Å². The molecule has 1 N–H and O–H groups in total. The molecule has 0 spiro atoms. The molecule has 0 bridgehead atoms. The minimum atomic E-state index is -0.403. The third-order valence-electron chi connectivity index (χ3n) is 2.62. The SMILES string of the molecule is Cc1cc(Cn2cc(C)c(=O)[nH]c2=O)n(C)n1. The van der Waals surface area contributed by atoms with Gasteiger partial charge in [0.1, 0.15) is 0 Å². The Balaban J connectivity index is 2.43. The number of H-pyrrole nitrogens is 1. The van der Waals surface area contributed by atoms with Crippen molar-refractivity contribution in [2.75, 3.05) is 0 Å². The summed E-state index contributed by atoms with van der Waals surface area (Å²) in [7, 11) is 1.83. The van der Waals surface area contributed by atoms with E-state index in [9.17, 15) is 9.59 Å². The number of nitrogens with zero attached hydrogens (tertiary/aromatic N) is 3. The van der Waals surface area contributed by atoms with Gasteiger partial charge in [0.05, 0.1) is 17.9 Å². The lowest BCUT2D eigenvalue weighted by atomic mass is 10.3. The van der Waals surface area contributed by atoms with E-state index >= 15 is 0 Å². The lowest BCUT2D eigenvalue weighted by molar-refractivity contribution is 0.636. The maximum Gasteiger partial charge on any atom is 0.328 e. The fourth-order valence-electron chi connectivity index (χ4n) is 1.72. The Morgan fingerprint density at radius 1 is 1.35 bits per heavy atom. The van der Waals surface area contributed by atoms with E-state index in [0.29, 0.717) is 12.1 Å². The number of hydrogen-bond acceptors (Lipinski definition) is 3. The van der Waals surface area contributed by atoms with E-state index in [0.717, 1.165) is 11.4 Å². The highest BCUT2D eigenvalue weighted by molar-refractivity contribution is 5.10. The van der Waals surface area contributed by atoms with Gasteiger partial charge in [-0.15, -0.1) is 0 Å². The molecule has 0 atom stereocenters. The molecule has 90 valence electrons. The molecule has 0 aliphatic heterocycles. The second kappa shape index (κ2) is 4.04. The second-order valence-corrected chi connectivity index (χ2v) is 4.10. The van der Waals surface area contributed by atoms with Crippen LogP contribution in [0, 0.1) is 13.8 Å². The minimum absolute atomic E-state index is 0.340. The molecule has 0 fully saturated rings. The quantitative estimate of drug-likeness (QED) is 0.791. The highest BCUT2D eigenvalue weighted by atomic mass is 16.2. The van der Waals surface area contributed by atoms with E-state index < -0.39 is 5.69 Å². The number of nitrogens with one attached hydrogen (secondary N) is 1. The molecule has 2 heterocycles. The van der Waals surface area contributed by atoms with Gasteiger partial charge in [-0.05, 0) is 19.9 Å². The normalized spacial score (nSPS) is 10.8. The molecule has 0 unspecified atom stereocenters. The molecule has 0 amide bonds. The summed E-state index contributed by atoms with van der Waals surface area (Å²) >= 11 is 0. The van der Waals surface area contributed by atoms with Crippen LogP contribution in [-0.4, -0.2) is 19.3 Å². The van der Waals surface area contributed by atoms with Crippen molar-refractivity contribution in [3.05, 3.63) is 50.1 Å². The Bertz CT molecular complexity index is 663. The summed E-state index contributed by atoms with van der Waals surface area (Å²) in [4.78, 5) is 25.1. The number of hydrogen-bond donors (Lipinski definition) is 1. The van der Waals surface area contributed by atoms with Gasteiger partial charge < -0.3 is 0 Å². The predicted octanol–water partition coefficient (Wildman–Crippen LogP) is -0.0648. The van der Waals surface area contributed by atoms with Crippen LogP contribution in [0.2, 0.25) is 0 Å². The van der Waals surface area contributed by atoms with Crippen molar-refractivity contribution in [3.8, 4) is 0 Å². The van der Waals surface area contributed by atoms with Gasteiger partial charge in [0.2, 0.25) is 0 Å². The van der Waals surface area contributed by atoms with Crippen molar-refractivity contribution in [1.29, 1.82) is 0 Å². The Morgan fingerprint density at radius 2 is 2.06 bits per heavy atom. The molecule has 0 radical (unpaired) electrons. The Morgan fingerprint density at radius 3 is 2.65 bits per heavy atom. The standard InChI is InChI=1S/C11H14N4O2/c1-7-5-15(11(17)12-10(7)16)6-9-4-8(2)13-14(9)3/h4-5H,6H2,1-3H3,(H,12,16,17). The van der Waals surface area contributed by atoms with Gasteiger partial charge >= 0.3 is 5.69 Å². The largest absolute Gasteiger partial charge is 0.328 e. The molecule has 0 aromatic carbocycles. The Kier molecular flexibility index (Phi) is 2.71. The molecule has 2 aromatic rings. The van der Waals surface area contributed by atoms with Gasteiger partial charge in [-0.3, -0.25) is 19.0 Å². The molecule has 2 aromatic heterocycles. The average Bonchev–Trinajstić information content (AvgIpc) is 2.54. The van der Waals surface area contributed by atoms with Crippen LogP contribution in [0.5, 0.6) is 0 Å². The van der Waals surface area contributed by atoms with Crippen molar-refractivity contribution in [1.82, 2.24) is 19.3 Å². The fourth-order valence-corrected chi connectivity index (χ4v) is 1.72. The zero-order chi connectivity index (χ0) is 12.6. The van der Waals surface area contributed by atoms with Gasteiger partial charge in [0.15, 0.2) is 0 Å². The lowest BCUT2D eigenvalue weighted by Crippen LogP contribution is -2.31. The van der Waals surface area contributed by atoms with Crippen LogP contribution < -0.4 is 11.2 Å². The maximum absolute atomic E-state index is 11.6. The summed E-state index contributed by atoms with van der Waals surface area (Å²) in [6, 6.07) is 1.91. The van der Waals surface area contributed by atoms with Crippen molar-refractivity contribution >= 4 is 0 Å². The van der Waals surface area contributed by atoms with Gasteiger partial charge in [0.25, 0.3) is 5.56 Å². The third kappa shape index (κ3) is 2.20. The molecule has 2 rings (SSSR count). The molecule has 0 aliphatic carbocycles. The van der Waals surface area contributed by atoms with E-state index in [2.05, 4.69) is 10.1 Å². The first kappa shape index (κ1) is 11.4. The average molecular weight is 234 g/mol. The maximum atomic E-state index is 11.6. The zero-order valence-electron chi connectivity index (χ0n) is 10.0. The van der Waals surface area contributed by atoms with Gasteiger partial charge in [0, 0.05) is 18.8 Å². The van der Waals surface area contributed by atoms with E-state index in [-0.39, 0.29) is 5.56 Å². The summed E-state index contributed by atoms with van der Waals surface area (Å²) < 4.78 is 3.19. The van der Waals surface area contributed by atoms with Crippen LogP contribution in [0.15, 0.2) is 21.9 Å². The van der Waals surface area contributed by atoms with Gasteiger partial charge in [-0.1, -0.05) is 0 Å². The monoisotopic (exact) mass is 234 g/mol. The van der Waals surface area contributed by atoms with E-state index in [1.165, 1.54) is 4.57 Å². The van der Waals surface area contributed by atoms with Crippen molar-refractivity contribution in [3.63, 3.8) is 0 Å². The topological polar surface area (TPSA) is 72.7 Å². The molecule has 0 saturated carbocycles. The van der Waals surface area contributed by atoms with Crippen LogP contribution in [0.3, 0.4) is 0 Å². The summed E-state index contributed by atoms with van der Waals surface area (Å²) in [5, 5.41) is 4.21. The molecular weight excluding hydrogens is 220 g/mol. The van der Waals surface area contributed by atoms with Crippen LogP contribution in [0.25, 0.3) is 0 Å². The van der Waals surface area contributed by atoms with E-state index in [1.54, 1.807) is 17.8 Å². The fraction of sp³-hybridized carbons (Fsp3) is 0.364. The molecule has 6 heteroatoms. The Hall–Kier alpha value is -2.11. The second-order valence-electron chi connectivity index (χ2n) is 4.10. The lowest BCUT2D eigenvalue weighted by Gasteiger charge is -2.05. The first-order valence-electron chi connectivity index (χ1n) is 5.27. The first-order chi connectivity index (χ1) is 7.97. The molecular formula is C11H14N4O2. The number of aryl methyl sites for hydroxylation is 3. The van der Waals surface area contributed by atoms with Crippen LogP contribution in [0.1, 0.15) is 17.0 Å². The summed E-state index contributed by atoms with van der Waals surface area (Å²) in [5.74, 6) is 0. The first-order valence-corrected chi connectivity index (χ1v) is 5.27. The molecule has 17 heavy (non-hydrogen) atoms. The smallest absolute Gasteiger partial charge is 0.294 e. The molecule has 0 aliphatic rings. The highest BCUT2D eigenvalue weighted by Crippen LogP contribution is 2.02. The third-order valence-corrected chi connectivity index (χ3v) is 2.62. The van der Waals surface area contributed by atoms with Crippen molar-refractivity contribution < 1.29 is 0 Å². The zero-order valence-corrected chi connectivity index (χ0v) is 10.0. The summed E-state index contributed by atoms with van der Waals surface area (Å²) in [5.41, 5.74) is 1.59.